The normalized spacial score (nSPS) is 17.3. The molecule has 100 valence electrons. The fourth-order valence-corrected chi connectivity index (χ4v) is 2.12. The van der Waals surface area contributed by atoms with Crippen LogP contribution >= 0.6 is 0 Å². The number of rotatable bonds is 5. The fourth-order valence-electron chi connectivity index (χ4n) is 2.12. The van der Waals surface area contributed by atoms with Gasteiger partial charge in [-0.1, -0.05) is 6.07 Å². The van der Waals surface area contributed by atoms with E-state index in [1.165, 1.54) is 0 Å². The van der Waals surface area contributed by atoms with Crippen LogP contribution in [0.2, 0.25) is 0 Å². The molecule has 2 atom stereocenters. The van der Waals surface area contributed by atoms with E-state index < -0.39 is 6.10 Å². The molecular weight excluding hydrogens is 232 g/mol. The number of hydrogen-bond acceptors (Lipinski definition) is 5. The summed E-state index contributed by atoms with van der Waals surface area (Å²) >= 11 is 0. The van der Waals surface area contributed by atoms with Gasteiger partial charge in [0.2, 0.25) is 0 Å². The first-order chi connectivity index (χ1) is 8.76. The van der Waals surface area contributed by atoms with Gasteiger partial charge in [-0.15, -0.1) is 0 Å². The largest absolute Gasteiger partial charge is 0.486 e. The Morgan fingerprint density at radius 1 is 1.33 bits per heavy atom. The van der Waals surface area contributed by atoms with Crippen molar-refractivity contribution in [1.29, 1.82) is 0 Å². The van der Waals surface area contributed by atoms with Crippen molar-refractivity contribution in [2.45, 2.75) is 18.6 Å². The highest BCUT2D eigenvalue weighted by Gasteiger charge is 2.21. The van der Waals surface area contributed by atoms with Gasteiger partial charge >= 0.3 is 0 Å². The summed E-state index contributed by atoms with van der Waals surface area (Å²) in [4.78, 5) is 0. The lowest BCUT2D eigenvalue weighted by Crippen LogP contribution is -2.34. The summed E-state index contributed by atoms with van der Waals surface area (Å²) < 4.78 is 11.0. The molecule has 1 aliphatic rings. The van der Waals surface area contributed by atoms with Crippen molar-refractivity contribution in [3.05, 3.63) is 23.8 Å². The molecule has 5 heteroatoms. The highest BCUT2D eigenvalue weighted by molar-refractivity contribution is 5.44. The highest BCUT2D eigenvalue weighted by Crippen LogP contribution is 2.33. The molecule has 5 nitrogen and oxygen atoms in total. The van der Waals surface area contributed by atoms with Crippen LogP contribution in [0.15, 0.2) is 18.2 Å². The predicted molar refractivity (Wildman–Crippen MR) is 68.9 cm³/mol. The molecule has 18 heavy (non-hydrogen) atoms. The first kappa shape index (κ1) is 13.1. The van der Waals surface area contributed by atoms with E-state index in [2.05, 4.69) is 5.32 Å². The summed E-state index contributed by atoms with van der Waals surface area (Å²) in [6, 6.07) is 5.47. The van der Waals surface area contributed by atoms with E-state index >= 15 is 0 Å². The number of aliphatic hydroxyl groups is 1. The van der Waals surface area contributed by atoms with Gasteiger partial charge in [0.1, 0.15) is 13.2 Å². The zero-order valence-electron chi connectivity index (χ0n) is 10.6. The molecule has 0 saturated heterocycles. The van der Waals surface area contributed by atoms with Crippen LogP contribution in [0.1, 0.15) is 18.1 Å². The number of aliphatic hydroxyl groups excluding tert-OH is 1. The fraction of sp³-hybridized carbons (Fsp3) is 0.538. The zero-order valence-corrected chi connectivity index (χ0v) is 10.6. The number of hydrogen-bond donors (Lipinski definition) is 3. The van der Waals surface area contributed by atoms with E-state index in [1.807, 2.05) is 25.2 Å². The van der Waals surface area contributed by atoms with E-state index in [1.54, 1.807) is 0 Å². The number of likely N-dealkylation sites (N-methyl/N-ethyl adjacent to an activating group) is 1. The summed E-state index contributed by atoms with van der Waals surface area (Å²) in [6.45, 7) is 1.65. The maximum absolute atomic E-state index is 10.3. The maximum Gasteiger partial charge on any atom is 0.161 e. The summed E-state index contributed by atoms with van der Waals surface area (Å²) in [5.74, 6) is 1.43. The molecule has 0 fully saturated rings. The number of fused-ring (bicyclic) bond motifs is 1. The van der Waals surface area contributed by atoms with Crippen LogP contribution in [0.4, 0.5) is 0 Å². The Morgan fingerprint density at radius 3 is 2.72 bits per heavy atom. The molecule has 0 bridgehead atoms. The minimum Gasteiger partial charge on any atom is -0.486 e. The van der Waals surface area contributed by atoms with E-state index in [9.17, 15) is 5.11 Å². The number of benzene rings is 1. The molecule has 0 radical (unpaired) electrons. The minimum atomic E-state index is -0.602. The molecule has 0 aliphatic carbocycles. The van der Waals surface area contributed by atoms with Crippen LogP contribution in [-0.2, 0) is 0 Å². The summed E-state index contributed by atoms with van der Waals surface area (Å²) in [6.07, 6.45) is 0.112. The molecule has 1 aromatic rings. The number of nitrogens with two attached hydrogens (primary N) is 1. The number of nitrogens with one attached hydrogen (secondary N) is 1. The van der Waals surface area contributed by atoms with Gasteiger partial charge in [-0.25, -0.2) is 0 Å². The molecule has 1 aromatic carbocycles. The third kappa shape index (κ3) is 2.75. The minimum absolute atomic E-state index is 0.0578. The second-order valence-corrected chi connectivity index (χ2v) is 4.32. The lowest BCUT2D eigenvalue weighted by Gasteiger charge is -2.24. The highest BCUT2D eigenvalue weighted by atomic mass is 16.6. The lowest BCUT2D eigenvalue weighted by molar-refractivity contribution is 0.127. The molecule has 2 rings (SSSR count). The van der Waals surface area contributed by atoms with Gasteiger partial charge in [0, 0.05) is 6.04 Å². The first-order valence-corrected chi connectivity index (χ1v) is 6.21. The first-order valence-electron chi connectivity index (χ1n) is 6.21. The van der Waals surface area contributed by atoms with E-state index in [4.69, 9.17) is 15.2 Å². The standard InChI is InChI=1S/C13H20N2O3/c1-15-10(4-5-14)13(16)9-2-3-11-12(8-9)18-7-6-17-11/h2-3,8,10,13,15-16H,4-7,14H2,1H3. The van der Waals surface area contributed by atoms with E-state index in [0.717, 1.165) is 11.3 Å². The lowest BCUT2D eigenvalue weighted by atomic mass is 9.99. The Kier molecular flexibility index (Phi) is 4.41. The Balaban J connectivity index is 2.17. The van der Waals surface area contributed by atoms with Crippen molar-refractivity contribution in [2.75, 3.05) is 26.8 Å². The van der Waals surface area contributed by atoms with E-state index in [0.29, 0.717) is 31.9 Å². The van der Waals surface area contributed by atoms with Crippen LogP contribution in [0, 0.1) is 0 Å². The van der Waals surface area contributed by atoms with Crippen LogP contribution in [0.25, 0.3) is 0 Å². The molecule has 2 unspecified atom stereocenters. The maximum atomic E-state index is 10.3. The second kappa shape index (κ2) is 6.04. The number of ether oxygens (including phenoxy) is 2. The Labute approximate surface area is 107 Å². The van der Waals surface area contributed by atoms with Crippen LogP contribution in [0.5, 0.6) is 11.5 Å². The SMILES string of the molecule is CNC(CCN)C(O)c1ccc2c(c1)OCCO2. The van der Waals surface area contributed by atoms with Gasteiger partial charge in [0.15, 0.2) is 11.5 Å². The van der Waals surface area contributed by atoms with Crippen molar-refractivity contribution in [3.63, 3.8) is 0 Å². The average molecular weight is 252 g/mol. The zero-order chi connectivity index (χ0) is 13.0. The van der Waals surface area contributed by atoms with Crippen LogP contribution < -0.4 is 20.5 Å². The van der Waals surface area contributed by atoms with Crippen molar-refractivity contribution < 1.29 is 14.6 Å². The van der Waals surface area contributed by atoms with E-state index in [-0.39, 0.29) is 6.04 Å². The second-order valence-electron chi connectivity index (χ2n) is 4.32. The van der Waals surface area contributed by atoms with Crippen LogP contribution in [-0.4, -0.2) is 38.0 Å². The molecule has 0 saturated carbocycles. The third-order valence-corrected chi connectivity index (χ3v) is 3.14. The van der Waals surface area contributed by atoms with Crippen molar-refractivity contribution in [2.24, 2.45) is 5.73 Å². The Morgan fingerprint density at radius 2 is 2.06 bits per heavy atom. The molecule has 0 aromatic heterocycles. The van der Waals surface area contributed by atoms with Crippen molar-refractivity contribution in [1.82, 2.24) is 5.32 Å². The molecule has 0 spiro atoms. The van der Waals surface area contributed by atoms with Gasteiger partial charge in [0.05, 0.1) is 6.10 Å². The summed E-state index contributed by atoms with van der Waals surface area (Å²) in [7, 11) is 1.82. The smallest absolute Gasteiger partial charge is 0.161 e. The van der Waals surface area contributed by atoms with Crippen molar-refractivity contribution >= 4 is 0 Å². The van der Waals surface area contributed by atoms with Gasteiger partial charge < -0.3 is 25.6 Å². The quantitative estimate of drug-likeness (QED) is 0.708. The van der Waals surface area contributed by atoms with Gasteiger partial charge in [-0.05, 0) is 37.7 Å². The molecule has 4 N–H and O–H groups in total. The molecule has 1 aliphatic heterocycles. The summed E-state index contributed by atoms with van der Waals surface area (Å²) in [5.41, 5.74) is 6.35. The van der Waals surface area contributed by atoms with Gasteiger partial charge in [0.25, 0.3) is 0 Å². The predicted octanol–water partition coefficient (Wildman–Crippen LogP) is 0.428. The molecule has 0 amide bonds. The topological polar surface area (TPSA) is 76.7 Å². The van der Waals surface area contributed by atoms with Gasteiger partial charge in [-0.2, -0.15) is 0 Å². The molecule has 1 heterocycles. The Bertz CT molecular complexity index is 398. The average Bonchev–Trinajstić information content (AvgIpc) is 2.43. The summed E-state index contributed by atoms with van der Waals surface area (Å²) in [5, 5.41) is 13.4. The Hall–Kier alpha value is -1.30. The monoisotopic (exact) mass is 252 g/mol. The third-order valence-electron chi connectivity index (χ3n) is 3.14. The van der Waals surface area contributed by atoms with Crippen molar-refractivity contribution in [3.8, 4) is 11.5 Å². The van der Waals surface area contributed by atoms with Crippen LogP contribution in [0.3, 0.4) is 0 Å². The molecular formula is C13H20N2O3. The van der Waals surface area contributed by atoms with Gasteiger partial charge in [-0.3, -0.25) is 0 Å².